The standard InChI is InChI=1S/C6H14O3.CH2O3.2K/c1-7-3-5-9-6-4-8-2;2-1(3)4;;/h3-6H2,1-2H3;(H2,2,3,4);;/q;;2*+1/p-2. The summed E-state index contributed by atoms with van der Waals surface area (Å²) >= 11 is 0. The van der Waals surface area contributed by atoms with Crippen molar-refractivity contribution in [1.82, 2.24) is 0 Å². The van der Waals surface area contributed by atoms with Gasteiger partial charge >= 0.3 is 103 Å². The fourth-order valence-corrected chi connectivity index (χ4v) is 0.387. The Morgan fingerprint density at radius 2 is 1.20 bits per heavy atom. The Hall–Kier alpha value is 2.42. The Kier molecular flexibility index (Phi) is 44.0. The molecular formula is C7H14K2O6. The van der Waals surface area contributed by atoms with E-state index in [0.717, 1.165) is 0 Å². The number of ether oxygens (including phenoxy) is 3. The van der Waals surface area contributed by atoms with E-state index < -0.39 is 6.16 Å². The minimum atomic E-state index is -2.33. The van der Waals surface area contributed by atoms with Crippen molar-refractivity contribution < 1.29 is 132 Å². The van der Waals surface area contributed by atoms with Crippen molar-refractivity contribution in [2.45, 2.75) is 0 Å². The van der Waals surface area contributed by atoms with Gasteiger partial charge in [0, 0.05) is 14.2 Å². The van der Waals surface area contributed by atoms with Gasteiger partial charge in [-0.15, -0.1) is 0 Å². The fraction of sp³-hybridized carbons (Fsp3) is 0.857. The maximum absolute atomic E-state index is 8.33. The van der Waals surface area contributed by atoms with Crippen LogP contribution in [0.15, 0.2) is 0 Å². The monoisotopic (exact) mass is 272 g/mol. The molecule has 15 heavy (non-hydrogen) atoms. The van der Waals surface area contributed by atoms with E-state index >= 15 is 0 Å². The summed E-state index contributed by atoms with van der Waals surface area (Å²) in [6.45, 7) is 2.62. The molecule has 0 aromatic rings. The Bertz CT molecular complexity index is 104. The number of carbonyl (C=O) groups excluding carboxylic acids is 1. The third-order valence-corrected chi connectivity index (χ3v) is 0.864. The van der Waals surface area contributed by atoms with Crippen LogP contribution in [-0.4, -0.2) is 46.8 Å². The van der Waals surface area contributed by atoms with E-state index in [1.807, 2.05) is 0 Å². The third-order valence-electron chi connectivity index (χ3n) is 0.864. The predicted molar refractivity (Wildman–Crippen MR) is 40.0 cm³/mol. The first-order valence-electron chi connectivity index (χ1n) is 3.58. The van der Waals surface area contributed by atoms with Crippen molar-refractivity contribution in [2.24, 2.45) is 0 Å². The normalized spacial score (nSPS) is 7.60. The molecule has 0 unspecified atom stereocenters. The average molecular weight is 272 g/mol. The van der Waals surface area contributed by atoms with Crippen molar-refractivity contribution in [2.75, 3.05) is 40.6 Å². The molecule has 0 radical (unpaired) electrons. The van der Waals surface area contributed by atoms with E-state index in [-0.39, 0.29) is 103 Å². The van der Waals surface area contributed by atoms with Gasteiger partial charge < -0.3 is 29.2 Å². The number of hydrogen-bond acceptors (Lipinski definition) is 6. The molecule has 0 bridgehead atoms. The van der Waals surface area contributed by atoms with E-state index in [9.17, 15) is 0 Å². The van der Waals surface area contributed by atoms with Gasteiger partial charge in [0.05, 0.1) is 26.4 Å². The number of carboxylic acid groups (broad SMARTS) is 2. The Labute approximate surface area is 175 Å². The van der Waals surface area contributed by atoms with Gasteiger partial charge in [0.2, 0.25) is 0 Å². The summed E-state index contributed by atoms with van der Waals surface area (Å²) in [4.78, 5) is 8.33. The molecule has 0 aliphatic carbocycles. The van der Waals surface area contributed by atoms with Crippen LogP contribution in [-0.2, 0) is 14.2 Å². The molecule has 0 aromatic carbocycles. The molecule has 0 amide bonds. The maximum atomic E-state index is 8.33. The van der Waals surface area contributed by atoms with E-state index in [4.69, 9.17) is 29.2 Å². The summed E-state index contributed by atoms with van der Waals surface area (Å²) in [6.07, 6.45) is -2.33. The van der Waals surface area contributed by atoms with Crippen LogP contribution >= 0.6 is 0 Å². The largest absolute Gasteiger partial charge is 1.00 e. The van der Waals surface area contributed by atoms with Crippen LogP contribution < -0.4 is 113 Å². The van der Waals surface area contributed by atoms with Crippen LogP contribution in [0, 0.1) is 0 Å². The van der Waals surface area contributed by atoms with Crippen LogP contribution in [0.5, 0.6) is 0 Å². The van der Waals surface area contributed by atoms with Gasteiger partial charge in [-0.3, -0.25) is 0 Å². The summed E-state index contributed by atoms with van der Waals surface area (Å²) < 4.78 is 14.6. The zero-order chi connectivity index (χ0) is 10.5. The van der Waals surface area contributed by atoms with Crippen LogP contribution in [0.3, 0.4) is 0 Å². The number of methoxy groups -OCH3 is 2. The van der Waals surface area contributed by atoms with Crippen LogP contribution in [0.1, 0.15) is 0 Å². The SMILES string of the molecule is COCCOCCOC.O=C([O-])[O-].[K+].[K+]. The Morgan fingerprint density at radius 1 is 0.933 bits per heavy atom. The number of carbonyl (C=O) groups is 1. The number of hydrogen-bond donors (Lipinski definition) is 0. The van der Waals surface area contributed by atoms with E-state index in [2.05, 4.69) is 0 Å². The fourth-order valence-electron chi connectivity index (χ4n) is 0.387. The summed E-state index contributed by atoms with van der Waals surface area (Å²) in [6, 6.07) is 0. The van der Waals surface area contributed by atoms with Gasteiger partial charge in [0.1, 0.15) is 0 Å². The van der Waals surface area contributed by atoms with Crippen LogP contribution in [0.4, 0.5) is 4.79 Å². The zero-order valence-corrected chi connectivity index (χ0v) is 16.0. The maximum Gasteiger partial charge on any atom is 1.00 e. The van der Waals surface area contributed by atoms with Crippen molar-refractivity contribution >= 4 is 6.16 Å². The number of rotatable bonds is 6. The molecule has 0 fully saturated rings. The first-order chi connectivity index (χ1) is 6.15. The first-order valence-corrected chi connectivity index (χ1v) is 3.58. The molecule has 0 aliphatic heterocycles. The van der Waals surface area contributed by atoms with Gasteiger partial charge in [0.15, 0.2) is 0 Å². The van der Waals surface area contributed by atoms with Crippen molar-refractivity contribution in [3.63, 3.8) is 0 Å². The minimum absolute atomic E-state index is 0. The second-order valence-electron chi connectivity index (χ2n) is 1.85. The van der Waals surface area contributed by atoms with E-state index in [1.165, 1.54) is 0 Å². The molecule has 0 saturated carbocycles. The average Bonchev–Trinajstić information content (AvgIpc) is 2.03. The third kappa shape index (κ3) is 48.2. The van der Waals surface area contributed by atoms with E-state index in [1.54, 1.807) is 14.2 Å². The summed E-state index contributed by atoms with van der Waals surface area (Å²) in [7, 11) is 3.30. The molecule has 80 valence electrons. The topological polar surface area (TPSA) is 90.9 Å². The molecule has 0 saturated heterocycles. The van der Waals surface area contributed by atoms with E-state index in [0.29, 0.717) is 26.4 Å². The van der Waals surface area contributed by atoms with Crippen LogP contribution in [0.25, 0.3) is 0 Å². The Balaban J connectivity index is -0.0000000883. The smallest absolute Gasteiger partial charge is 0.652 e. The van der Waals surface area contributed by atoms with Gasteiger partial charge in [0.25, 0.3) is 0 Å². The second-order valence-corrected chi connectivity index (χ2v) is 1.85. The molecule has 0 aromatic heterocycles. The van der Waals surface area contributed by atoms with Crippen molar-refractivity contribution in [3.8, 4) is 0 Å². The molecule has 0 spiro atoms. The molecule has 0 N–H and O–H groups in total. The van der Waals surface area contributed by atoms with Gasteiger partial charge in [-0.1, -0.05) is 0 Å². The van der Waals surface area contributed by atoms with Crippen molar-refractivity contribution in [3.05, 3.63) is 0 Å². The van der Waals surface area contributed by atoms with Gasteiger partial charge in [-0.05, 0) is 6.16 Å². The molecule has 0 aliphatic rings. The zero-order valence-electron chi connectivity index (χ0n) is 9.78. The van der Waals surface area contributed by atoms with Gasteiger partial charge in [-0.2, -0.15) is 0 Å². The second kappa shape index (κ2) is 25.3. The predicted octanol–water partition coefficient (Wildman–Crippen LogP) is -8.14. The van der Waals surface area contributed by atoms with Gasteiger partial charge in [-0.25, -0.2) is 0 Å². The minimum Gasteiger partial charge on any atom is -0.652 e. The Morgan fingerprint density at radius 3 is 1.40 bits per heavy atom. The quantitative estimate of drug-likeness (QED) is 0.352. The molecule has 0 rings (SSSR count). The molecular weight excluding hydrogens is 258 g/mol. The summed E-state index contributed by atoms with van der Waals surface area (Å²) in [5, 5.41) is 16.7. The van der Waals surface area contributed by atoms with Crippen LogP contribution in [0.2, 0.25) is 0 Å². The molecule has 8 heteroatoms. The summed E-state index contributed by atoms with van der Waals surface area (Å²) in [5.74, 6) is 0. The molecule has 0 heterocycles. The molecule has 0 atom stereocenters. The van der Waals surface area contributed by atoms with Crippen molar-refractivity contribution in [1.29, 1.82) is 0 Å². The molecule has 6 nitrogen and oxygen atoms in total. The first kappa shape index (κ1) is 26.1. The summed E-state index contributed by atoms with van der Waals surface area (Å²) in [5.41, 5.74) is 0.